The lowest BCUT2D eigenvalue weighted by Gasteiger charge is -2.28. The highest BCUT2D eigenvalue weighted by Crippen LogP contribution is 2.36. The lowest BCUT2D eigenvalue weighted by molar-refractivity contribution is -0.137. The van der Waals surface area contributed by atoms with Gasteiger partial charge in [0.1, 0.15) is 0 Å². The molecule has 2 aromatic rings. The van der Waals surface area contributed by atoms with E-state index in [4.69, 9.17) is 5.11 Å². The van der Waals surface area contributed by atoms with Crippen molar-refractivity contribution in [3.05, 3.63) is 71.8 Å². The Morgan fingerprint density at radius 2 is 1.46 bits per heavy atom. The van der Waals surface area contributed by atoms with Gasteiger partial charge in [-0.2, -0.15) is 0 Å². The van der Waals surface area contributed by atoms with Crippen molar-refractivity contribution in [2.75, 3.05) is 6.54 Å². The van der Waals surface area contributed by atoms with Crippen molar-refractivity contribution in [1.29, 1.82) is 0 Å². The van der Waals surface area contributed by atoms with E-state index in [-0.39, 0.29) is 18.9 Å². The minimum absolute atomic E-state index is 0.0200. The fourth-order valence-corrected chi connectivity index (χ4v) is 3.26. The van der Waals surface area contributed by atoms with Gasteiger partial charge in [0.25, 0.3) is 5.91 Å². The highest BCUT2D eigenvalue weighted by atomic mass is 16.4. The maximum absolute atomic E-state index is 13.3. The normalized spacial score (nSPS) is 15.8. The Bertz CT molecular complexity index is 766. The van der Waals surface area contributed by atoms with E-state index in [0.717, 1.165) is 0 Å². The van der Waals surface area contributed by atoms with E-state index < -0.39 is 17.5 Å². The predicted molar refractivity (Wildman–Crippen MR) is 95.4 cm³/mol. The van der Waals surface area contributed by atoms with Crippen LogP contribution in [-0.4, -0.2) is 34.5 Å². The van der Waals surface area contributed by atoms with E-state index >= 15 is 0 Å². The third kappa shape index (κ3) is 3.18. The Morgan fingerprint density at radius 1 is 0.923 bits per heavy atom. The number of nitrogens with zero attached hydrogens (tertiary/aromatic N) is 1. The van der Waals surface area contributed by atoms with E-state index in [2.05, 4.69) is 5.32 Å². The van der Waals surface area contributed by atoms with Crippen LogP contribution in [0.3, 0.4) is 0 Å². The van der Waals surface area contributed by atoms with Crippen LogP contribution in [0, 0.1) is 0 Å². The molecule has 0 radical (unpaired) electrons. The van der Waals surface area contributed by atoms with Gasteiger partial charge in [0.05, 0.1) is 0 Å². The van der Waals surface area contributed by atoms with Crippen molar-refractivity contribution in [2.45, 2.75) is 24.8 Å². The van der Waals surface area contributed by atoms with Gasteiger partial charge in [0, 0.05) is 13.0 Å². The maximum atomic E-state index is 13.3. The van der Waals surface area contributed by atoms with Gasteiger partial charge in [-0.1, -0.05) is 60.7 Å². The molecule has 0 spiro atoms. The summed E-state index contributed by atoms with van der Waals surface area (Å²) in [6.45, 7) is 0.194. The molecule has 0 unspecified atom stereocenters. The Kier molecular flexibility index (Phi) is 5.02. The summed E-state index contributed by atoms with van der Waals surface area (Å²) in [5, 5.41) is 11.6. The first-order valence-electron chi connectivity index (χ1n) is 8.52. The van der Waals surface area contributed by atoms with Crippen molar-refractivity contribution < 1.29 is 19.5 Å². The Hall–Kier alpha value is -3.15. The van der Waals surface area contributed by atoms with Crippen molar-refractivity contribution >= 4 is 17.9 Å². The second-order valence-corrected chi connectivity index (χ2v) is 6.22. The maximum Gasteiger partial charge on any atom is 0.325 e. The van der Waals surface area contributed by atoms with E-state index in [1.54, 1.807) is 0 Å². The number of benzene rings is 2. The van der Waals surface area contributed by atoms with Gasteiger partial charge < -0.3 is 10.4 Å². The molecule has 6 heteroatoms. The van der Waals surface area contributed by atoms with Gasteiger partial charge in [-0.05, 0) is 24.0 Å². The molecule has 2 aromatic carbocycles. The molecule has 26 heavy (non-hydrogen) atoms. The van der Waals surface area contributed by atoms with Gasteiger partial charge in [-0.15, -0.1) is 0 Å². The summed E-state index contributed by atoms with van der Waals surface area (Å²) >= 11 is 0. The first-order chi connectivity index (χ1) is 12.6. The number of carboxylic acids is 1. The molecule has 0 atom stereocenters. The standard InChI is InChI=1S/C20H20N2O4/c23-17(24)13-7-8-14-22-18(25)20(21-19(22)26,15-9-3-1-4-10-15)16-11-5-2-6-12-16/h1-6,9-12H,7-8,13-14H2,(H,21,26)(H,23,24). The van der Waals surface area contributed by atoms with Gasteiger partial charge in [-0.3, -0.25) is 14.5 Å². The number of nitrogens with one attached hydrogen (secondary N) is 1. The van der Waals surface area contributed by atoms with E-state index in [9.17, 15) is 14.4 Å². The van der Waals surface area contributed by atoms with Crippen LogP contribution in [0.25, 0.3) is 0 Å². The summed E-state index contributed by atoms with van der Waals surface area (Å²) in [4.78, 5) is 37.7. The molecule has 1 fully saturated rings. The molecule has 1 saturated heterocycles. The molecule has 0 bridgehead atoms. The van der Waals surface area contributed by atoms with Crippen LogP contribution in [0.1, 0.15) is 30.4 Å². The second-order valence-electron chi connectivity index (χ2n) is 6.22. The summed E-state index contributed by atoms with van der Waals surface area (Å²) in [7, 11) is 0. The number of carboxylic acid groups (broad SMARTS) is 1. The monoisotopic (exact) mass is 352 g/mol. The summed E-state index contributed by atoms with van der Waals surface area (Å²) in [5.74, 6) is -1.22. The Labute approximate surface area is 151 Å². The molecule has 6 nitrogen and oxygen atoms in total. The zero-order chi connectivity index (χ0) is 18.6. The minimum Gasteiger partial charge on any atom is -0.481 e. The highest BCUT2D eigenvalue weighted by molar-refractivity contribution is 6.09. The lowest BCUT2D eigenvalue weighted by Crippen LogP contribution is -2.45. The summed E-state index contributed by atoms with van der Waals surface area (Å²) in [6, 6.07) is 17.8. The first-order valence-corrected chi connectivity index (χ1v) is 8.52. The minimum atomic E-state index is -1.26. The van der Waals surface area contributed by atoms with Crippen molar-refractivity contribution in [1.82, 2.24) is 10.2 Å². The molecule has 1 aliphatic rings. The zero-order valence-electron chi connectivity index (χ0n) is 14.2. The van der Waals surface area contributed by atoms with Crippen LogP contribution in [0.2, 0.25) is 0 Å². The van der Waals surface area contributed by atoms with Gasteiger partial charge in [0.2, 0.25) is 0 Å². The quantitative estimate of drug-likeness (QED) is 0.592. The Balaban J connectivity index is 1.92. The second kappa shape index (κ2) is 7.39. The SMILES string of the molecule is O=C(O)CCCCN1C(=O)NC(c2ccccc2)(c2ccccc2)C1=O. The van der Waals surface area contributed by atoms with Crippen molar-refractivity contribution in [3.63, 3.8) is 0 Å². The van der Waals surface area contributed by atoms with E-state index in [0.29, 0.717) is 24.0 Å². The molecular formula is C20H20N2O4. The molecule has 134 valence electrons. The van der Waals surface area contributed by atoms with Gasteiger partial charge in [0.15, 0.2) is 5.54 Å². The van der Waals surface area contributed by atoms with E-state index in [1.807, 2.05) is 60.7 Å². The molecule has 1 aliphatic heterocycles. The predicted octanol–water partition coefficient (Wildman–Crippen LogP) is 2.74. The van der Waals surface area contributed by atoms with Crippen LogP contribution in [0.15, 0.2) is 60.7 Å². The summed E-state index contributed by atoms with van der Waals surface area (Å²) < 4.78 is 0. The molecule has 3 rings (SSSR count). The molecule has 0 saturated carbocycles. The number of aliphatic carboxylic acids is 1. The van der Waals surface area contributed by atoms with Gasteiger partial charge in [-0.25, -0.2) is 4.79 Å². The third-order valence-electron chi connectivity index (χ3n) is 4.54. The van der Waals surface area contributed by atoms with Crippen LogP contribution < -0.4 is 5.32 Å². The molecule has 0 aromatic heterocycles. The number of unbranched alkanes of at least 4 members (excludes halogenated alkanes) is 1. The smallest absolute Gasteiger partial charge is 0.325 e. The highest BCUT2D eigenvalue weighted by Gasteiger charge is 2.53. The Morgan fingerprint density at radius 3 is 1.96 bits per heavy atom. The third-order valence-corrected chi connectivity index (χ3v) is 4.54. The van der Waals surface area contributed by atoms with Gasteiger partial charge >= 0.3 is 12.0 Å². The zero-order valence-corrected chi connectivity index (χ0v) is 14.2. The number of amides is 3. The number of hydrogen-bond donors (Lipinski definition) is 2. The molecule has 0 aliphatic carbocycles. The fraction of sp³-hybridized carbons (Fsp3) is 0.250. The molecule has 1 heterocycles. The lowest BCUT2D eigenvalue weighted by atomic mass is 9.82. The number of rotatable bonds is 7. The number of hydrogen-bond acceptors (Lipinski definition) is 3. The summed E-state index contributed by atoms with van der Waals surface area (Å²) in [5.41, 5.74) is 0.127. The topological polar surface area (TPSA) is 86.7 Å². The van der Waals surface area contributed by atoms with Crippen molar-refractivity contribution in [3.8, 4) is 0 Å². The van der Waals surface area contributed by atoms with Crippen LogP contribution in [0.4, 0.5) is 4.79 Å². The van der Waals surface area contributed by atoms with E-state index in [1.165, 1.54) is 4.90 Å². The average Bonchev–Trinajstić information content (AvgIpc) is 2.91. The fourth-order valence-electron chi connectivity index (χ4n) is 3.26. The number of carbonyl (C=O) groups is 3. The largest absolute Gasteiger partial charge is 0.481 e. The summed E-state index contributed by atoms with van der Waals surface area (Å²) in [6.07, 6.45) is 0.882. The van der Waals surface area contributed by atoms with Crippen LogP contribution in [-0.2, 0) is 15.1 Å². The van der Waals surface area contributed by atoms with Crippen LogP contribution >= 0.6 is 0 Å². The van der Waals surface area contributed by atoms with Crippen LogP contribution in [0.5, 0.6) is 0 Å². The molecular weight excluding hydrogens is 332 g/mol. The average molecular weight is 352 g/mol. The number of carbonyl (C=O) groups excluding carboxylic acids is 2. The van der Waals surface area contributed by atoms with Crippen molar-refractivity contribution in [2.24, 2.45) is 0 Å². The first kappa shape index (κ1) is 17.7. The molecule has 3 amide bonds. The number of imide groups is 1. The number of urea groups is 1. The molecule has 2 N–H and O–H groups in total.